The topological polar surface area (TPSA) is 0 Å². The summed E-state index contributed by atoms with van der Waals surface area (Å²) < 4.78 is 39.9. The fraction of sp³-hybridized carbons (Fsp3) is 0.200. The highest BCUT2D eigenvalue weighted by Crippen LogP contribution is 2.14. The highest BCUT2D eigenvalue weighted by atomic mass is 19.1. The van der Waals surface area contributed by atoms with Crippen LogP contribution in [-0.4, -0.2) is 0 Å². The second kappa shape index (κ2) is 22.9. The Bertz CT molecular complexity index is 2010. The molecule has 0 N–H and O–H groups in total. The van der Waals surface area contributed by atoms with E-state index in [9.17, 15) is 13.2 Å². The van der Waals surface area contributed by atoms with Crippen LogP contribution in [0.25, 0.3) is 0 Å². The third-order valence-corrected chi connectivity index (χ3v) is 7.69. The Balaban J connectivity index is 0.000000255. The van der Waals surface area contributed by atoms with Crippen molar-refractivity contribution >= 4 is 0 Å². The van der Waals surface area contributed by atoms with E-state index >= 15 is 0 Å². The first-order chi connectivity index (χ1) is 25.3. The molecule has 0 heterocycles. The normalized spacial score (nSPS) is 9.30. The Labute approximate surface area is 316 Å². The van der Waals surface area contributed by atoms with Crippen LogP contribution in [0.4, 0.5) is 13.2 Å². The Morgan fingerprint density at radius 3 is 0.868 bits per heavy atom. The molecule has 6 rings (SSSR count). The molecule has 0 aromatic heterocycles. The van der Waals surface area contributed by atoms with E-state index in [1.165, 1.54) is 52.9 Å². The Kier molecular flexibility index (Phi) is 18.8. The molecular weight excluding hydrogens is 658 g/mol. The summed E-state index contributed by atoms with van der Waals surface area (Å²) in [7, 11) is 0. The summed E-state index contributed by atoms with van der Waals surface area (Å²) in [4.78, 5) is 0. The van der Waals surface area contributed by atoms with Gasteiger partial charge in [-0.2, -0.15) is 0 Å². The van der Waals surface area contributed by atoms with Gasteiger partial charge in [0.2, 0.25) is 0 Å². The number of aryl methyl sites for hydroxylation is 7. The molecule has 0 aliphatic carbocycles. The minimum absolute atomic E-state index is 0.0240. The lowest BCUT2D eigenvalue weighted by Gasteiger charge is -1.99. The molecule has 0 saturated heterocycles. The van der Waals surface area contributed by atoms with Crippen LogP contribution in [0.3, 0.4) is 0 Å². The van der Waals surface area contributed by atoms with E-state index in [0.717, 1.165) is 16.7 Å². The summed E-state index contributed by atoms with van der Waals surface area (Å²) in [6.45, 7) is 19.6. The molecule has 0 fully saturated rings. The molecular formula is C50H51F3. The van der Waals surface area contributed by atoms with Crippen molar-refractivity contribution in [2.24, 2.45) is 0 Å². The fourth-order valence-electron chi connectivity index (χ4n) is 4.22. The number of hydrogen-bond donors (Lipinski definition) is 0. The van der Waals surface area contributed by atoms with Gasteiger partial charge in [-0.15, -0.1) is 0 Å². The fourth-order valence-corrected chi connectivity index (χ4v) is 4.22. The van der Waals surface area contributed by atoms with Gasteiger partial charge in [0.15, 0.2) is 0 Å². The lowest BCUT2D eigenvalue weighted by atomic mass is 10.1. The van der Waals surface area contributed by atoms with Crippen molar-refractivity contribution in [3.8, 4) is 23.7 Å². The SMILES string of the molecule is CC.Cc1ccc(C#Cc2cc(F)c(C)c(F)c2)cc1.Cc1ccc(C#Cc2ccc(C)c(F)c2)cc1.Cc1ccc(C)cc1.Cc1ccc(C)cc1. The van der Waals surface area contributed by atoms with E-state index in [4.69, 9.17) is 0 Å². The maximum Gasteiger partial charge on any atom is 0.130 e. The molecule has 6 aromatic carbocycles. The van der Waals surface area contributed by atoms with Crippen LogP contribution in [0.2, 0.25) is 0 Å². The average molecular weight is 709 g/mol. The van der Waals surface area contributed by atoms with Crippen molar-refractivity contribution in [2.75, 3.05) is 0 Å². The molecule has 0 spiro atoms. The summed E-state index contributed by atoms with van der Waals surface area (Å²) in [6, 6.07) is 40.1. The molecule has 0 aliphatic rings. The van der Waals surface area contributed by atoms with Gasteiger partial charge in [0.05, 0.1) is 0 Å². The number of hydrogen-bond acceptors (Lipinski definition) is 0. The van der Waals surface area contributed by atoms with Gasteiger partial charge in [-0.1, -0.05) is 150 Å². The second-order valence-electron chi connectivity index (χ2n) is 12.6. The summed E-state index contributed by atoms with van der Waals surface area (Å²) in [5.41, 5.74) is 11.1. The van der Waals surface area contributed by atoms with Crippen LogP contribution in [0.15, 0.2) is 127 Å². The van der Waals surface area contributed by atoms with Gasteiger partial charge >= 0.3 is 0 Å². The molecule has 0 amide bonds. The quantitative estimate of drug-likeness (QED) is 0.138. The summed E-state index contributed by atoms with van der Waals surface area (Å²) in [5.74, 6) is 10.3. The van der Waals surface area contributed by atoms with Crippen LogP contribution in [0.5, 0.6) is 0 Å². The molecule has 3 heteroatoms. The lowest BCUT2D eigenvalue weighted by molar-refractivity contribution is 0.567. The van der Waals surface area contributed by atoms with Crippen molar-refractivity contribution in [2.45, 2.75) is 69.2 Å². The van der Waals surface area contributed by atoms with Gasteiger partial charge < -0.3 is 0 Å². The highest BCUT2D eigenvalue weighted by Gasteiger charge is 2.05. The molecule has 0 bridgehead atoms. The molecule has 6 aromatic rings. The van der Waals surface area contributed by atoms with Crippen molar-refractivity contribution in [3.05, 3.63) is 212 Å². The highest BCUT2D eigenvalue weighted by molar-refractivity contribution is 5.45. The predicted octanol–water partition coefficient (Wildman–Crippen LogP) is 13.5. The summed E-state index contributed by atoms with van der Waals surface area (Å²) in [6.07, 6.45) is 0. The van der Waals surface area contributed by atoms with E-state index in [0.29, 0.717) is 16.7 Å². The maximum absolute atomic E-state index is 13.3. The smallest absolute Gasteiger partial charge is 0.130 e. The Hall–Kier alpha value is -5.77. The average Bonchev–Trinajstić information content (AvgIpc) is 3.15. The van der Waals surface area contributed by atoms with Crippen LogP contribution in [-0.2, 0) is 0 Å². The van der Waals surface area contributed by atoms with E-state index in [1.54, 1.807) is 13.0 Å². The minimum Gasteiger partial charge on any atom is -0.207 e. The number of rotatable bonds is 0. The third kappa shape index (κ3) is 16.9. The third-order valence-electron chi connectivity index (χ3n) is 7.69. The molecule has 272 valence electrons. The lowest BCUT2D eigenvalue weighted by Crippen LogP contribution is -1.90. The largest absolute Gasteiger partial charge is 0.207 e. The van der Waals surface area contributed by atoms with Gasteiger partial charge in [0.25, 0.3) is 0 Å². The molecule has 0 saturated carbocycles. The Morgan fingerprint density at radius 1 is 0.302 bits per heavy atom. The van der Waals surface area contributed by atoms with E-state index in [2.05, 4.69) is 99.9 Å². The van der Waals surface area contributed by atoms with Crippen LogP contribution in [0, 0.1) is 96.5 Å². The second-order valence-corrected chi connectivity index (χ2v) is 12.6. The summed E-state index contributed by atoms with van der Waals surface area (Å²) >= 11 is 0. The standard InChI is InChI=1S/C16H12F2.C16H13F.2C8H10.C2H6/c1-11-3-5-13(6-4-11)7-8-14-9-15(17)12(2)16(18)10-14;1-12-3-6-14(7-4-12)9-10-15-8-5-13(2)16(17)11-15;2*1-7-3-5-8(2)6-4-7;1-2/h3-6,9-10H,1-2H3;3-8,11H,1-2H3;2*3-6H,1-2H3;1-2H3. The van der Waals surface area contributed by atoms with Gasteiger partial charge in [-0.25, -0.2) is 13.2 Å². The minimum atomic E-state index is -0.566. The monoisotopic (exact) mass is 708 g/mol. The molecule has 0 atom stereocenters. The molecule has 0 aliphatic heterocycles. The summed E-state index contributed by atoms with van der Waals surface area (Å²) in [5, 5.41) is 0. The van der Waals surface area contributed by atoms with Gasteiger partial charge in [-0.05, 0) is 109 Å². The zero-order valence-electron chi connectivity index (χ0n) is 32.8. The van der Waals surface area contributed by atoms with E-state index in [-0.39, 0.29) is 11.4 Å². The molecule has 53 heavy (non-hydrogen) atoms. The van der Waals surface area contributed by atoms with Crippen molar-refractivity contribution in [3.63, 3.8) is 0 Å². The van der Waals surface area contributed by atoms with E-state index < -0.39 is 11.6 Å². The first kappa shape index (κ1) is 43.4. The van der Waals surface area contributed by atoms with Crippen LogP contribution >= 0.6 is 0 Å². The Morgan fingerprint density at radius 2 is 0.547 bits per heavy atom. The molecule has 0 radical (unpaired) electrons. The van der Waals surface area contributed by atoms with Crippen molar-refractivity contribution in [1.82, 2.24) is 0 Å². The van der Waals surface area contributed by atoms with Crippen molar-refractivity contribution in [1.29, 1.82) is 0 Å². The first-order valence-electron chi connectivity index (χ1n) is 17.7. The zero-order valence-corrected chi connectivity index (χ0v) is 32.8. The molecule has 0 nitrogen and oxygen atoms in total. The number of halogens is 3. The zero-order chi connectivity index (χ0) is 39.3. The number of benzene rings is 6. The van der Waals surface area contributed by atoms with E-state index in [1.807, 2.05) is 82.3 Å². The van der Waals surface area contributed by atoms with Crippen LogP contribution in [0.1, 0.15) is 80.6 Å². The molecule has 0 unspecified atom stereocenters. The van der Waals surface area contributed by atoms with Crippen molar-refractivity contribution < 1.29 is 13.2 Å². The first-order valence-corrected chi connectivity index (χ1v) is 17.7. The van der Waals surface area contributed by atoms with Gasteiger partial charge in [0, 0.05) is 27.8 Å². The van der Waals surface area contributed by atoms with Crippen LogP contribution < -0.4 is 0 Å². The maximum atomic E-state index is 13.3. The predicted molar refractivity (Wildman–Crippen MR) is 220 cm³/mol. The van der Waals surface area contributed by atoms with Gasteiger partial charge in [-0.3, -0.25) is 0 Å². The van der Waals surface area contributed by atoms with Gasteiger partial charge in [0.1, 0.15) is 17.5 Å².